The van der Waals surface area contributed by atoms with E-state index in [1.54, 1.807) is 0 Å². The zero-order chi connectivity index (χ0) is 11.2. The third-order valence-corrected chi connectivity index (χ3v) is 3.58. The van der Waals surface area contributed by atoms with Gasteiger partial charge in [0.05, 0.1) is 5.41 Å². The third kappa shape index (κ3) is 1.53. The molecule has 1 N–H and O–H groups in total. The fourth-order valence-corrected chi connectivity index (χ4v) is 2.31. The maximum absolute atomic E-state index is 11.2. The Morgan fingerprint density at radius 3 is 2.47 bits per heavy atom. The first-order chi connectivity index (χ1) is 6.97. The highest BCUT2D eigenvalue weighted by Crippen LogP contribution is 2.51. The molecule has 1 aliphatic rings. The fourth-order valence-electron chi connectivity index (χ4n) is 2.02. The molecule has 0 aliphatic heterocycles. The van der Waals surface area contributed by atoms with Gasteiger partial charge in [0.25, 0.3) is 0 Å². The predicted molar refractivity (Wildman–Crippen MR) is 59.5 cm³/mol. The van der Waals surface area contributed by atoms with E-state index < -0.39 is 11.4 Å². The number of halogens is 1. The van der Waals surface area contributed by atoms with Crippen LogP contribution in [0.5, 0.6) is 0 Å². The van der Waals surface area contributed by atoms with Crippen LogP contribution in [0.25, 0.3) is 0 Å². The molecule has 0 radical (unpaired) electrons. The second-order valence-electron chi connectivity index (χ2n) is 4.33. The van der Waals surface area contributed by atoms with Gasteiger partial charge >= 0.3 is 5.97 Å². The number of hydrogen-bond acceptors (Lipinski definition) is 1. The first-order valence-corrected chi connectivity index (χ1v) is 5.36. The smallest absolute Gasteiger partial charge is 0.314 e. The van der Waals surface area contributed by atoms with Crippen LogP contribution in [0, 0.1) is 13.8 Å². The van der Waals surface area contributed by atoms with Gasteiger partial charge in [-0.05, 0) is 37.8 Å². The second-order valence-corrected chi connectivity index (χ2v) is 4.71. The summed E-state index contributed by atoms with van der Waals surface area (Å²) in [6.45, 7) is 3.88. The summed E-state index contributed by atoms with van der Waals surface area (Å²) >= 11 is 6.17. The fraction of sp³-hybridized carbons (Fsp3) is 0.417. The lowest BCUT2D eigenvalue weighted by Gasteiger charge is -2.14. The molecule has 1 saturated carbocycles. The van der Waals surface area contributed by atoms with E-state index in [1.165, 1.54) is 0 Å². The minimum atomic E-state index is -0.755. The van der Waals surface area contributed by atoms with Crippen molar-refractivity contribution >= 4 is 17.6 Å². The molecule has 0 spiro atoms. The van der Waals surface area contributed by atoms with Crippen molar-refractivity contribution in [1.82, 2.24) is 0 Å². The molecular formula is C12H13ClO2. The zero-order valence-corrected chi connectivity index (χ0v) is 9.56. The Morgan fingerprint density at radius 1 is 1.40 bits per heavy atom. The minimum Gasteiger partial charge on any atom is -0.481 e. The van der Waals surface area contributed by atoms with Crippen molar-refractivity contribution in [3.8, 4) is 0 Å². The molecule has 0 bridgehead atoms. The Morgan fingerprint density at radius 2 is 2.00 bits per heavy atom. The monoisotopic (exact) mass is 224 g/mol. The van der Waals surface area contributed by atoms with E-state index in [9.17, 15) is 9.90 Å². The average molecular weight is 225 g/mol. The van der Waals surface area contributed by atoms with Gasteiger partial charge in [0.2, 0.25) is 0 Å². The van der Waals surface area contributed by atoms with Gasteiger partial charge in [-0.1, -0.05) is 29.3 Å². The summed E-state index contributed by atoms with van der Waals surface area (Å²) in [5, 5.41) is 9.82. The molecule has 0 saturated heterocycles. The van der Waals surface area contributed by atoms with Gasteiger partial charge in [0.15, 0.2) is 0 Å². The van der Waals surface area contributed by atoms with Gasteiger partial charge in [0, 0.05) is 5.02 Å². The van der Waals surface area contributed by atoms with Gasteiger partial charge in [-0.3, -0.25) is 4.79 Å². The summed E-state index contributed by atoms with van der Waals surface area (Å²) in [7, 11) is 0. The van der Waals surface area contributed by atoms with Crippen molar-refractivity contribution < 1.29 is 9.90 Å². The Hall–Kier alpha value is -1.02. The van der Waals surface area contributed by atoms with Gasteiger partial charge in [-0.25, -0.2) is 0 Å². The first kappa shape index (κ1) is 10.5. The Labute approximate surface area is 93.9 Å². The lowest BCUT2D eigenvalue weighted by Crippen LogP contribution is -2.20. The molecule has 1 aliphatic carbocycles. The number of aryl methyl sites for hydroxylation is 2. The molecule has 2 rings (SSSR count). The van der Waals surface area contributed by atoms with Gasteiger partial charge < -0.3 is 5.11 Å². The van der Waals surface area contributed by atoms with Crippen molar-refractivity contribution in [1.29, 1.82) is 0 Å². The highest BCUT2D eigenvalue weighted by molar-refractivity contribution is 6.32. The molecule has 1 aromatic carbocycles. The lowest BCUT2D eigenvalue weighted by atomic mass is 9.93. The van der Waals surface area contributed by atoms with Gasteiger partial charge in [0.1, 0.15) is 0 Å². The molecule has 1 fully saturated rings. The van der Waals surface area contributed by atoms with Crippen LogP contribution < -0.4 is 0 Å². The maximum Gasteiger partial charge on any atom is 0.314 e. The lowest BCUT2D eigenvalue weighted by molar-refractivity contribution is -0.140. The summed E-state index contributed by atoms with van der Waals surface area (Å²) < 4.78 is 0. The number of carboxylic acids is 1. The average Bonchev–Trinajstić information content (AvgIpc) is 2.91. The van der Waals surface area contributed by atoms with Crippen molar-refractivity contribution in [2.24, 2.45) is 0 Å². The number of carboxylic acid groups (broad SMARTS) is 1. The molecule has 2 nitrogen and oxygen atoms in total. The SMILES string of the molecule is Cc1cc(C)c(Cl)c(C2(C(=O)O)CC2)c1. The Balaban J connectivity index is 2.58. The van der Waals surface area contributed by atoms with Crippen molar-refractivity contribution in [3.63, 3.8) is 0 Å². The summed E-state index contributed by atoms with van der Waals surface area (Å²) in [6.07, 6.45) is 1.40. The van der Waals surface area contributed by atoms with Crippen LogP contribution in [-0.2, 0) is 10.2 Å². The molecule has 0 atom stereocenters. The molecule has 0 aromatic heterocycles. The van der Waals surface area contributed by atoms with E-state index in [0.29, 0.717) is 17.9 Å². The summed E-state index contributed by atoms with van der Waals surface area (Å²) in [4.78, 5) is 11.2. The standard InChI is InChI=1S/C12H13ClO2/c1-7-5-8(2)10(13)9(6-7)12(3-4-12)11(14)15/h5-6H,3-4H2,1-2H3,(H,14,15). The normalized spacial score (nSPS) is 17.5. The number of aliphatic carboxylic acids is 1. The largest absolute Gasteiger partial charge is 0.481 e. The topological polar surface area (TPSA) is 37.3 Å². The number of rotatable bonds is 2. The summed E-state index contributed by atoms with van der Waals surface area (Å²) in [6, 6.07) is 3.88. The van der Waals surface area contributed by atoms with Crippen LogP contribution in [0.15, 0.2) is 12.1 Å². The maximum atomic E-state index is 11.2. The number of carbonyl (C=O) groups is 1. The molecule has 3 heteroatoms. The Bertz CT molecular complexity index is 433. The molecule has 0 unspecified atom stereocenters. The van der Waals surface area contributed by atoms with Crippen LogP contribution in [0.3, 0.4) is 0 Å². The van der Waals surface area contributed by atoms with E-state index in [0.717, 1.165) is 16.7 Å². The second kappa shape index (κ2) is 3.24. The predicted octanol–water partition coefficient (Wildman–Crippen LogP) is 3.07. The van der Waals surface area contributed by atoms with Crippen molar-refractivity contribution in [2.75, 3.05) is 0 Å². The number of hydrogen-bond donors (Lipinski definition) is 1. The van der Waals surface area contributed by atoms with Crippen LogP contribution in [0.1, 0.15) is 29.5 Å². The quantitative estimate of drug-likeness (QED) is 0.838. The van der Waals surface area contributed by atoms with Crippen molar-refractivity contribution in [2.45, 2.75) is 32.1 Å². The van der Waals surface area contributed by atoms with Crippen LogP contribution in [-0.4, -0.2) is 11.1 Å². The molecule has 80 valence electrons. The van der Waals surface area contributed by atoms with Gasteiger partial charge in [-0.2, -0.15) is 0 Å². The molecule has 0 heterocycles. The minimum absolute atomic E-state index is 0.612. The molecule has 0 amide bonds. The third-order valence-electron chi connectivity index (χ3n) is 3.07. The van der Waals surface area contributed by atoms with Crippen LogP contribution in [0.2, 0.25) is 5.02 Å². The van der Waals surface area contributed by atoms with Gasteiger partial charge in [-0.15, -0.1) is 0 Å². The van der Waals surface area contributed by atoms with E-state index in [-0.39, 0.29) is 0 Å². The first-order valence-electron chi connectivity index (χ1n) is 4.98. The van der Waals surface area contributed by atoms with E-state index in [4.69, 9.17) is 11.6 Å². The number of benzene rings is 1. The van der Waals surface area contributed by atoms with E-state index in [1.807, 2.05) is 26.0 Å². The van der Waals surface area contributed by atoms with Crippen molar-refractivity contribution in [3.05, 3.63) is 33.8 Å². The van der Waals surface area contributed by atoms with E-state index >= 15 is 0 Å². The molecular weight excluding hydrogens is 212 g/mol. The highest BCUT2D eigenvalue weighted by atomic mass is 35.5. The van der Waals surface area contributed by atoms with Crippen LogP contribution in [0.4, 0.5) is 0 Å². The Kier molecular flexibility index (Phi) is 2.27. The highest BCUT2D eigenvalue weighted by Gasteiger charge is 2.53. The molecule has 1 aromatic rings. The molecule has 15 heavy (non-hydrogen) atoms. The van der Waals surface area contributed by atoms with Crippen LogP contribution >= 0.6 is 11.6 Å². The zero-order valence-electron chi connectivity index (χ0n) is 8.80. The van der Waals surface area contributed by atoms with E-state index in [2.05, 4.69) is 0 Å². The summed E-state index contributed by atoms with van der Waals surface area (Å²) in [5.74, 6) is -0.755. The summed E-state index contributed by atoms with van der Waals surface area (Å²) in [5.41, 5.74) is 2.11.